The molecule has 0 heterocycles. The summed E-state index contributed by atoms with van der Waals surface area (Å²) in [7, 11) is 0. The van der Waals surface area contributed by atoms with Crippen molar-refractivity contribution >= 4 is 17.6 Å². The van der Waals surface area contributed by atoms with Gasteiger partial charge in [0.05, 0.1) is 10.5 Å². The summed E-state index contributed by atoms with van der Waals surface area (Å²) in [4.78, 5) is 33.7. The van der Waals surface area contributed by atoms with Gasteiger partial charge in [-0.3, -0.25) is 14.9 Å². The summed E-state index contributed by atoms with van der Waals surface area (Å²) in [6.07, 6.45) is 0.0895. The largest absolute Gasteiger partial charge is 0.480 e. The summed E-state index contributed by atoms with van der Waals surface area (Å²) in [5, 5.41) is 22.4. The maximum absolute atomic E-state index is 12.2. The molecule has 1 atom stereocenters. The van der Waals surface area contributed by atoms with Gasteiger partial charge in [0, 0.05) is 30.7 Å². The Morgan fingerprint density at radius 2 is 1.96 bits per heavy atom. The van der Waals surface area contributed by atoms with E-state index >= 15 is 0 Å². The summed E-state index contributed by atoms with van der Waals surface area (Å²) in [6, 6.07) is 2.78. The number of carboxylic acid groups (broad SMARTS) is 1. The fraction of sp³-hybridized carbons (Fsp3) is 0.500. The van der Waals surface area contributed by atoms with Crippen molar-refractivity contribution in [3.63, 3.8) is 0 Å². The summed E-state index contributed by atoms with van der Waals surface area (Å²) >= 11 is 0. The van der Waals surface area contributed by atoms with E-state index in [4.69, 9.17) is 4.74 Å². The number of carboxylic acids is 1. The average Bonchev–Trinajstić information content (AvgIpc) is 2.43. The fourth-order valence-corrected chi connectivity index (χ4v) is 1.98. The van der Waals surface area contributed by atoms with E-state index in [1.807, 2.05) is 20.8 Å². The number of carbonyl (C=O) groups excluding carboxylic acids is 1. The van der Waals surface area contributed by atoms with Gasteiger partial charge in [-0.2, -0.15) is 0 Å². The highest BCUT2D eigenvalue weighted by Gasteiger charge is 2.23. The van der Waals surface area contributed by atoms with Gasteiger partial charge >= 0.3 is 5.97 Å². The first-order valence-electron chi connectivity index (χ1n) is 7.43. The Labute approximate surface area is 140 Å². The van der Waals surface area contributed by atoms with Crippen molar-refractivity contribution in [2.24, 2.45) is 0 Å². The van der Waals surface area contributed by atoms with Crippen LogP contribution in [-0.4, -0.2) is 40.2 Å². The SMILES string of the molecule is Cc1cc(C(=O)NC(CCOC(C)(C)C)C(=O)O)cc([N+](=O)[O-])c1. The Kier molecular flexibility index (Phi) is 6.42. The van der Waals surface area contributed by atoms with Crippen LogP contribution in [0.25, 0.3) is 0 Å². The number of ether oxygens (including phenoxy) is 1. The summed E-state index contributed by atoms with van der Waals surface area (Å²) in [6.45, 7) is 7.30. The lowest BCUT2D eigenvalue weighted by Crippen LogP contribution is -2.42. The van der Waals surface area contributed by atoms with Gasteiger partial charge in [0.15, 0.2) is 0 Å². The zero-order valence-electron chi connectivity index (χ0n) is 14.2. The molecule has 0 saturated carbocycles. The molecule has 8 nitrogen and oxygen atoms in total. The van der Waals surface area contributed by atoms with Crippen molar-refractivity contribution in [2.75, 3.05) is 6.61 Å². The van der Waals surface area contributed by atoms with Crippen LogP contribution < -0.4 is 5.32 Å². The quantitative estimate of drug-likeness (QED) is 0.581. The number of nitro groups is 1. The molecule has 0 aromatic heterocycles. The van der Waals surface area contributed by atoms with Gasteiger partial charge < -0.3 is 15.2 Å². The summed E-state index contributed by atoms with van der Waals surface area (Å²) < 4.78 is 5.46. The molecule has 1 rings (SSSR count). The smallest absolute Gasteiger partial charge is 0.326 e. The minimum absolute atomic E-state index is 0.0460. The molecule has 0 fully saturated rings. The van der Waals surface area contributed by atoms with Gasteiger partial charge in [-0.1, -0.05) is 0 Å². The minimum atomic E-state index is -1.19. The van der Waals surface area contributed by atoms with E-state index in [-0.39, 0.29) is 24.3 Å². The molecular formula is C16H22N2O6. The van der Waals surface area contributed by atoms with E-state index in [1.54, 1.807) is 6.92 Å². The van der Waals surface area contributed by atoms with Gasteiger partial charge in [-0.15, -0.1) is 0 Å². The number of hydrogen-bond donors (Lipinski definition) is 2. The first kappa shape index (κ1) is 19.6. The molecule has 1 aromatic rings. The molecule has 0 radical (unpaired) electrons. The third-order valence-electron chi connectivity index (χ3n) is 3.08. The lowest BCUT2D eigenvalue weighted by molar-refractivity contribution is -0.384. The molecule has 0 aliphatic carbocycles. The molecule has 132 valence electrons. The van der Waals surface area contributed by atoms with E-state index in [0.29, 0.717) is 5.56 Å². The normalized spacial score (nSPS) is 12.5. The van der Waals surface area contributed by atoms with Gasteiger partial charge in [0.1, 0.15) is 6.04 Å². The standard InChI is InChI=1S/C16H22N2O6/c1-10-7-11(9-12(8-10)18(22)23)14(19)17-13(15(20)21)5-6-24-16(2,3)4/h7-9,13H,5-6H2,1-4H3,(H,17,19)(H,20,21). The average molecular weight is 338 g/mol. The van der Waals surface area contributed by atoms with Crippen LogP contribution in [0.1, 0.15) is 43.1 Å². The predicted molar refractivity (Wildman–Crippen MR) is 87.0 cm³/mol. The molecule has 24 heavy (non-hydrogen) atoms. The van der Waals surface area contributed by atoms with Crippen molar-refractivity contribution in [1.29, 1.82) is 0 Å². The third kappa shape index (κ3) is 6.33. The lowest BCUT2D eigenvalue weighted by atomic mass is 10.1. The highest BCUT2D eigenvalue weighted by molar-refractivity contribution is 5.97. The van der Waals surface area contributed by atoms with Crippen molar-refractivity contribution < 1.29 is 24.4 Å². The third-order valence-corrected chi connectivity index (χ3v) is 3.08. The molecule has 2 N–H and O–H groups in total. The van der Waals surface area contributed by atoms with Crippen molar-refractivity contribution in [3.8, 4) is 0 Å². The number of amides is 1. The Hall–Kier alpha value is -2.48. The number of aliphatic carboxylic acids is 1. The zero-order valence-corrected chi connectivity index (χ0v) is 14.2. The molecule has 0 saturated heterocycles. The number of benzene rings is 1. The van der Waals surface area contributed by atoms with Crippen molar-refractivity contribution in [3.05, 3.63) is 39.4 Å². The second kappa shape index (κ2) is 7.87. The monoisotopic (exact) mass is 338 g/mol. The van der Waals surface area contributed by atoms with Crippen LogP contribution in [0.15, 0.2) is 18.2 Å². The molecule has 8 heteroatoms. The Morgan fingerprint density at radius 1 is 1.33 bits per heavy atom. The van der Waals surface area contributed by atoms with Crippen LogP contribution in [0.2, 0.25) is 0 Å². The number of rotatable bonds is 7. The number of nitro benzene ring substituents is 1. The predicted octanol–water partition coefficient (Wildman–Crippen LogP) is 2.29. The number of non-ortho nitro benzene ring substituents is 1. The highest BCUT2D eigenvalue weighted by atomic mass is 16.6. The first-order chi connectivity index (χ1) is 11.0. The molecule has 1 unspecified atom stereocenters. The number of carbonyl (C=O) groups is 2. The first-order valence-corrected chi connectivity index (χ1v) is 7.43. The van der Waals surface area contributed by atoms with Crippen LogP contribution in [-0.2, 0) is 9.53 Å². The summed E-state index contributed by atoms with van der Waals surface area (Å²) in [5.41, 5.74) is -0.0467. The number of aryl methyl sites for hydroxylation is 1. The fourth-order valence-electron chi connectivity index (χ4n) is 1.98. The van der Waals surface area contributed by atoms with E-state index in [9.17, 15) is 24.8 Å². The van der Waals surface area contributed by atoms with Crippen molar-refractivity contribution in [1.82, 2.24) is 5.32 Å². The van der Waals surface area contributed by atoms with E-state index in [1.165, 1.54) is 12.1 Å². The van der Waals surface area contributed by atoms with E-state index < -0.39 is 28.4 Å². The Bertz CT molecular complexity index is 636. The van der Waals surface area contributed by atoms with Crippen LogP contribution in [0.5, 0.6) is 0 Å². The van der Waals surface area contributed by atoms with E-state index in [0.717, 1.165) is 6.07 Å². The van der Waals surface area contributed by atoms with Crippen LogP contribution in [0, 0.1) is 17.0 Å². The number of hydrogen-bond acceptors (Lipinski definition) is 5. The second-order valence-corrected chi connectivity index (χ2v) is 6.43. The minimum Gasteiger partial charge on any atom is -0.480 e. The lowest BCUT2D eigenvalue weighted by Gasteiger charge is -2.21. The maximum atomic E-state index is 12.2. The van der Waals surface area contributed by atoms with Crippen LogP contribution in [0.4, 0.5) is 5.69 Å². The van der Waals surface area contributed by atoms with E-state index in [2.05, 4.69) is 5.32 Å². The molecule has 0 spiro atoms. The molecule has 0 bridgehead atoms. The Morgan fingerprint density at radius 3 is 2.46 bits per heavy atom. The Balaban J connectivity index is 2.82. The maximum Gasteiger partial charge on any atom is 0.326 e. The topological polar surface area (TPSA) is 119 Å². The van der Waals surface area contributed by atoms with Gasteiger partial charge in [0.25, 0.3) is 11.6 Å². The van der Waals surface area contributed by atoms with Gasteiger partial charge in [0.2, 0.25) is 0 Å². The molecular weight excluding hydrogens is 316 g/mol. The number of nitrogens with one attached hydrogen (secondary N) is 1. The second-order valence-electron chi connectivity index (χ2n) is 6.43. The van der Waals surface area contributed by atoms with Gasteiger partial charge in [-0.25, -0.2) is 4.79 Å². The highest BCUT2D eigenvalue weighted by Crippen LogP contribution is 2.17. The van der Waals surface area contributed by atoms with Gasteiger partial charge in [-0.05, 0) is 39.3 Å². The molecule has 1 aromatic carbocycles. The number of nitrogens with zero attached hydrogens (tertiary/aromatic N) is 1. The van der Waals surface area contributed by atoms with Crippen molar-refractivity contribution in [2.45, 2.75) is 45.8 Å². The molecule has 1 amide bonds. The van der Waals surface area contributed by atoms with Crippen LogP contribution >= 0.6 is 0 Å². The summed E-state index contributed by atoms with van der Waals surface area (Å²) in [5.74, 6) is -1.87. The van der Waals surface area contributed by atoms with Crippen LogP contribution in [0.3, 0.4) is 0 Å². The zero-order chi connectivity index (χ0) is 18.5. The molecule has 0 aliphatic rings. The molecule has 0 aliphatic heterocycles.